The van der Waals surface area contributed by atoms with Crippen LogP contribution in [-0.4, -0.2) is 76.0 Å². The Bertz CT molecular complexity index is 986. The molecular weight excluding hydrogens is 402 g/mol. The van der Waals surface area contributed by atoms with Crippen LogP contribution in [0.4, 0.5) is 5.82 Å². The van der Waals surface area contributed by atoms with Gasteiger partial charge in [-0.3, -0.25) is 4.90 Å². The molecule has 0 spiro atoms. The van der Waals surface area contributed by atoms with Crippen LogP contribution in [0.2, 0.25) is 0 Å². The Labute approximate surface area is 178 Å². The van der Waals surface area contributed by atoms with Crippen LogP contribution in [0.15, 0.2) is 47.5 Å². The molecule has 9 heteroatoms. The molecule has 1 aromatic heterocycles. The van der Waals surface area contributed by atoms with Gasteiger partial charge in [-0.2, -0.15) is 5.26 Å². The number of hydrogen-bond donors (Lipinski definition) is 0. The lowest BCUT2D eigenvalue weighted by Gasteiger charge is -2.23. The lowest BCUT2D eigenvalue weighted by atomic mass is 10.2. The van der Waals surface area contributed by atoms with Gasteiger partial charge < -0.3 is 9.64 Å². The summed E-state index contributed by atoms with van der Waals surface area (Å²) in [5.41, 5.74) is 0.606. The zero-order valence-electron chi connectivity index (χ0n) is 17.4. The second-order valence-electron chi connectivity index (χ2n) is 7.28. The van der Waals surface area contributed by atoms with E-state index in [1.54, 1.807) is 42.6 Å². The maximum Gasteiger partial charge on any atom is 0.242 e. The summed E-state index contributed by atoms with van der Waals surface area (Å²) in [6, 6.07) is 12.3. The van der Waals surface area contributed by atoms with Crippen molar-refractivity contribution in [3.8, 4) is 11.8 Å². The van der Waals surface area contributed by atoms with Gasteiger partial charge in [-0.05, 0) is 42.8 Å². The average molecular weight is 430 g/mol. The highest BCUT2D eigenvalue weighted by atomic mass is 32.2. The highest BCUT2D eigenvalue weighted by Gasteiger charge is 2.19. The number of nitriles is 1. The van der Waals surface area contributed by atoms with E-state index in [1.807, 2.05) is 0 Å². The summed E-state index contributed by atoms with van der Waals surface area (Å²) >= 11 is 0. The Kier molecular flexibility index (Phi) is 7.26. The van der Waals surface area contributed by atoms with Crippen LogP contribution in [-0.2, 0) is 10.0 Å². The molecule has 0 radical (unpaired) electrons. The summed E-state index contributed by atoms with van der Waals surface area (Å²) in [4.78, 5) is 9.14. The Morgan fingerprint density at radius 2 is 1.90 bits per heavy atom. The van der Waals surface area contributed by atoms with Gasteiger partial charge in [0.2, 0.25) is 10.0 Å². The van der Waals surface area contributed by atoms with Crippen LogP contribution in [0, 0.1) is 11.3 Å². The Morgan fingerprint density at radius 1 is 1.13 bits per heavy atom. The number of nitrogens with zero attached hydrogens (tertiary/aromatic N) is 5. The Balaban J connectivity index is 1.50. The summed E-state index contributed by atoms with van der Waals surface area (Å²) in [6.45, 7) is 4.79. The lowest BCUT2D eigenvalue weighted by molar-refractivity contribution is 0.218. The molecule has 0 saturated carbocycles. The van der Waals surface area contributed by atoms with Crippen LogP contribution < -0.4 is 9.64 Å². The van der Waals surface area contributed by atoms with Crippen LogP contribution >= 0.6 is 0 Å². The second-order valence-corrected chi connectivity index (χ2v) is 9.43. The largest absolute Gasteiger partial charge is 0.492 e. The number of rotatable bonds is 7. The van der Waals surface area contributed by atoms with Crippen LogP contribution in [0.1, 0.15) is 12.0 Å². The fraction of sp³-hybridized carbons (Fsp3) is 0.429. The van der Waals surface area contributed by atoms with Gasteiger partial charge in [-0.1, -0.05) is 0 Å². The van der Waals surface area contributed by atoms with Gasteiger partial charge in [-0.25, -0.2) is 17.7 Å². The van der Waals surface area contributed by atoms with Crippen molar-refractivity contribution in [3.05, 3.63) is 48.2 Å². The fourth-order valence-corrected chi connectivity index (χ4v) is 4.26. The molecule has 2 heterocycles. The molecule has 3 rings (SSSR count). The van der Waals surface area contributed by atoms with Crippen molar-refractivity contribution >= 4 is 15.8 Å². The number of pyridine rings is 1. The van der Waals surface area contributed by atoms with Crippen molar-refractivity contribution < 1.29 is 13.2 Å². The van der Waals surface area contributed by atoms with Gasteiger partial charge in [0.25, 0.3) is 0 Å². The predicted molar refractivity (Wildman–Crippen MR) is 115 cm³/mol. The summed E-state index contributed by atoms with van der Waals surface area (Å²) in [5, 5.41) is 9.31. The molecule has 8 nitrogen and oxygen atoms in total. The number of anilines is 1. The Hall–Kier alpha value is -2.67. The highest BCUT2D eigenvalue weighted by Crippen LogP contribution is 2.19. The standard InChI is InChI=1S/C21H27N5O3S/c1-24(2)30(27,28)20-8-6-19(7-9-20)29-16-15-25-11-4-12-26(14-13-25)21-18(17-22)5-3-10-23-21/h3,5-10H,4,11-16H2,1-2H3. The maximum atomic E-state index is 12.1. The highest BCUT2D eigenvalue weighted by molar-refractivity contribution is 7.89. The minimum atomic E-state index is -3.43. The SMILES string of the molecule is CN(C)S(=O)(=O)c1ccc(OCCN2CCCN(c3ncccc3C#N)CC2)cc1. The van der Waals surface area contributed by atoms with Crippen molar-refractivity contribution in [2.75, 3.05) is 58.3 Å². The molecule has 0 N–H and O–H groups in total. The first-order chi connectivity index (χ1) is 14.4. The monoisotopic (exact) mass is 429 g/mol. The summed E-state index contributed by atoms with van der Waals surface area (Å²) in [5.74, 6) is 1.40. The third kappa shape index (κ3) is 5.27. The maximum absolute atomic E-state index is 12.1. The topological polar surface area (TPSA) is 89.8 Å². The number of ether oxygens (including phenoxy) is 1. The Morgan fingerprint density at radius 3 is 2.60 bits per heavy atom. The molecule has 0 atom stereocenters. The van der Waals surface area contributed by atoms with Gasteiger partial charge in [0.05, 0.1) is 10.5 Å². The first kappa shape index (κ1) is 22.0. The van der Waals surface area contributed by atoms with Gasteiger partial charge in [-0.15, -0.1) is 0 Å². The molecule has 1 aliphatic heterocycles. The van der Waals surface area contributed by atoms with E-state index in [0.29, 0.717) is 17.9 Å². The number of benzene rings is 1. The fourth-order valence-electron chi connectivity index (χ4n) is 3.35. The van der Waals surface area contributed by atoms with E-state index in [2.05, 4.69) is 20.9 Å². The van der Waals surface area contributed by atoms with Crippen LogP contribution in [0.3, 0.4) is 0 Å². The summed E-state index contributed by atoms with van der Waals surface area (Å²) < 4.78 is 31.2. The molecule has 1 fully saturated rings. The van der Waals surface area contributed by atoms with E-state index in [0.717, 1.165) is 45.0 Å². The molecule has 0 amide bonds. The van der Waals surface area contributed by atoms with Crippen LogP contribution in [0.5, 0.6) is 5.75 Å². The molecule has 1 aromatic carbocycles. The van der Waals surface area contributed by atoms with E-state index >= 15 is 0 Å². The lowest BCUT2D eigenvalue weighted by Crippen LogP contribution is -2.33. The molecule has 2 aromatic rings. The van der Waals surface area contributed by atoms with Crippen molar-refractivity contribution in [2.45, 2.75) is 11.3 Å². The number of aromatic nitrogens is 1. The molecule has 160 valence electrons. The van der Waals surface area contributed by atoms with Gasteiger partial charge in [0.15, 0.2) is 0 Å². The third-order valence-corrected chi connectivity index (χ3v) is 6.90. The zero-order chi connectivity index (χ0) is 21.6. The van der Waals surface area contributed by atoms with E-state index in [9.17, 15) is 13.7 Å². The third-order valence-electron chi connectivity index (χ3n) is 5.07. The smallest absolute Gasteiger partial charge is 0.242 e. The number of hydrogen-bond acceptors (Lipinski definition) is 7. The van der Waals surface area contributed by atoms with Crippen molar-refractivity contribution in [1.82, 2.24) is 14.2 Å². The minimum absolute atomic E-state index is 0.249. The van der Waals surface area contributed by atoms with Gasteiger partial charge in [0.1, 0.15) is 24.2 Å². The predicted octanol–water partition coefficient (Wildman–Crippen LogP) is 1.79. The van der Waals surface area contributed by atoms with E-state index in [-0.39, 0.29) is 4.90 Å². The minimum Gasteiger partial charge on any atom is -0.492 e. The molecule has 1 aliphatic rings. The molecular formula is C21H27N5O3S. The quantitative estimate of drug-likeness (QED) is 0.663. The molecule has 30 heavy (non-hydrogen) atoms. The second kappa shape index (κ2) is 9.89. The molecule has 0 aliphatic carbocycles. The molecule has 0 unspecified atom stereocenters. The summed E-state index contributed by atoms with van der Waals surface area (Å²) in [6.07, 6.45) is 2.71. The average Bonchev–Trinajstić information content (AvgIpc) is 2.99. The summed E-state index contributed by atoms with van der Waals surface area (Å²) in [7, 11) is -0.407. The van der Waals surface area contributed by atoms with Crippen molar-refractivity contribution in [3.63, 3.8) is 0 Å². The van der Waals surface area contributed by atoms with Gasteiger partial charge in [0, 0.05) is 53.0 Å². The number of sulfonamides is 1. The van der Waals surface area contributed by atoms with E-state index in [4.69, 9.17) is 4.74 Å². The van der Waals surface area contributed by atoms with Crippen LogP contribution in [0.25, 0.3) is 0 Å². The molecule has 1 saturated heterocycles. The normalized spacial score (nSPS) is 15.6. The zero-order valence-corrected chi connectivity index (χ0v) is 18.2. The van der Waals surface area contributed by atoms with Crippen molar-refractivity contribution in [2.24, 2.45) is 0 Å². The van der Waals surface area contributed by atoms with Gasteiger partial charge >= 0.3 is 0 Å². The molecule has 0 bridgehead atoms. The first-order valence-corrected chi connectivity index (χ1v) is 11.3. The first-order valence-electron chi connectivity index (χ1n) is 9.89. The van der Waals surface area contributed by atoms with Crippen molar-refractivity contribution in [1.29, 1.82) is 5.26 Å². The van der Waals surface area contributed by atoms with E-state index < -0.39 is 10.0 Å². The van der Waals surface area contributed by atoms with E-state index in [1.165, 1.54) is 18.4 Å².